The predicted octanol–water partition coefficient (Wildman–Crippen LogP) is 0.386. The lowest BCUT2D eigenvalue weighted by Crippen LogP contribution is -2.42. The van der Waals surface area contributed by atoms with Crippen LogP contribution < -0.4 is 10.6 Å². The third-order valence-corrected chi connectivity index (χ3v) is 4.10. The Labute approximate surface area is 122 Å². The molecular formula is C15H17N3O3. The summed E-state index contributed by atoms with van der Waals surface area (Å²) in [6, 6.07) is 9.58. The van der Waals surface area contributed by atoms with Crippen LogP contribution in [0.5, 0.6) is 0 Å². The van der Waals surface area contributed by atoms with Crippen LogP contribution in [0.2, 0.25) is 0 Å². The zero-order valence-corrected chi connectivity index (χ0v) is 11.6. The van der Waals surface area contributed by atoms with Crippen molar-refractivity contribution in [2.45, 2.75) is 18.3 Å². The maximum atomic E-state index is 11.9. The number of rotatable bonds is 5. The highest BCUT2D eigenvalue weighted by atomic mass is 16.2. The Hall–Kier alpha value is -2.37. The Morgan fingerprint density at radius 3 is 2.52 bits per heavy atom. The number of nitrogens with one attached hydrogen (secondary N) is 2. The Morgan fingerprint density at radius 1 is 1.24 bits per heavy atom. The van der Waals surface area contributed by atoms with Crippen molar-refractivity contribution in [3.63, 3.8) is 0 Å². The number of imide groups is 1. The molecule has 6 heteroatoms. The van der Waals surface area contributed by atoms with Crippen molar-refractivity contribution in [2.75, 3.05) is 19.6 Å². The maximum Gasteiger partial charge on any atom is 0.325 e. The SMILES string of the molecule is O=C(CN1C(=O)CNC1=O)NCC1(c2ccccc2)CC1. The number of benzene rings is 1. The number of carbonyl (C=O) groups excluding carboxylic acids is 3. The van der Waals surface area contributed by atoms with Crippen molar-refractivity contribution in [1.29, 1.82) is 0 Å². The van der Waals surface area contributed by atoms with Crippen molar-refractivity contribution in [2.24, 2.45) is 0 Å². The van der Waals surface area contributed by atoms with Crippen LogP contribution in [-0.2, 0) is 15.0 Å². The molecule has 1 aliphatic carbocycles. The van der Waals surface area contributed by atoms with E-state index in [2.05, 4.69) is 22.8 Å². The molecule has 110 valence electrons. The third kappa shape index (κ3) is 2.74. The number of nitrogens with zero attached hydrogens (tertiary/aromatic N) is 1. The van der Waals surface area contributed by atoms with Crippen LogP contribution >= 0.6 is 0 Å². The molecule has 0 unspecified atom stereocenters. The third-order valence-electron chi connectivity index (χ3n) is 4.10. The normalized spacial score (nSPS) is 19.3. The van der Waals surface area contributed by atoms with Crippen LogP contribution in [0.3, 0.4) is 0 Å². The van der Waals surface area contributed by atoms with Crippen molar-refractivity contribution in [3.8, 4) is 0 Å². The van der Waals surface area contributed by atoms with Crippen LogP contribution in [0.15, 0.2) is 30.3 Å². The van der Waals surface area contributed by atoms with Gasteiger partial charge in [-0.1, -0.05) is 30.3 Å². The highest BCUT2D eigenvalue weighted by Gasteiger charge is 2.44. The molecule has 0 spiro atoms. The minimum atomic E-state index is -0.501. The Bertz CT molecular complexity index is 565. The van der Waals surface area contributed by atoms with E-state index in [4.69, 9.17) is 0 Å². The number of amides is 4. The van der Waals surface area contributed by atoms with Crippen molar-refractivity contribution in [1.82, 2.24) is 15.5 Å². The molecule has 1 saturated heterocycles. The summed E-state index contributed by atoms with van der Waals surface area (Å²) in [6.07, 6.45) is 2.08. The van der Waals surface area contributed by atoms with Gasteiger partial charge in [0.25, 0.3) is 5.91 Å². The first kappa shape index (κ1) is 13.6. The smallest absolute Gasteiger partial charge is 0.325 e. The minimum absolute atomic E-state index is 0.0220. The average Bonchev–Trinajstić information content (AvgIpc) is 3.24. The van der Waals surface area contributed by atoms with E-state index in [1.807, 2.05) is 18.2 Å². The van der Waals surface area contributed by atoms with Crippen molar-refractivity contribution >= 4 is 17.8 Å². The highest BCUT2D eigenvalue weighted by Crippen LogP contribution is 2.47. The number of carbonyl (C=O) groups is 3. The fraction of sp³-hybridized carbons (Fsp3) is 0.400. The Morgan fingerprint density at radius 2 is 1.95 bits per heavy atom. The molecule has 0 atom stereocenters. The Balaban J connectivity index is 1.55. The molecule has 1 saturated carbocycles. The monoisotopic (exact) mass is 287 g/mol. The second-order valence-corrected chi connectivity index (χ2v) is 5.56. The van der Waals surface area contributed by atoms with Gasteiger partial charge in [-0.25, -0.2) is 4.79 Å². The summed E-state index contributed by atoms with van der Waals surface area (Å²) in [5.74, 6) is -0.665. The molecule has 2 N–H and O–H groups in total. The summed E-state index contributed by atoms with van der Waals surface area (Å²) in [5.41, 5.74) is 1.24. The summed E-state index contributed by atoms with van der Waals surface area (Å²) in [6.45, 7) is 0.301. The zero-order valence-electron chi connectivity index (χ0n) is 11.6. The summed E-state index contributed by atoms with van der Waals surface area (Å²) >= 11 is 0. The highest BCUT2D eigenvalue weighted by molar-refractivity contribution is 6.04. The van der Waals surface area contributed by atoms with Gasteiger partial charge in [0.2, 0.25) is 5.91 Å². The number of hydrogen-bond donors (Lipinski definition) is 2. The fourth-order valence-electron chi connectivity index (χ4n) is 2.59. The molecule has 1 aliphatic heterocycles. The molecular weight excluding hydrogens is 270 g/mol. The van der Waals surface area contributed by atoms with E-state index in [1.165, 1.54) is 5.56 Å². The molecule has 1 aromatic carbocycles. The molecule has 2 aliphatic rings. The lowest BCUT2D eigenvalue weighted by molar-refractivity contribution is -0.130. The van der Waals surface area contributed by atoms with E-state index in [-0.39, 0.29) is 30.3 Å². The molecule has 2 fully saturated rings. The van der Waals surface area contributed by atoms with E-state index in [0.717, 1.165) is 17.7 Å². The molecule has 6 nitrogen and oxygen atoms in total. The van der Waals surface area contributed by atoms with E-state index in [1.54, 1.807) is 0 Å². The van der Waals surface area contributed by atoms with Crippen LogP contribution in [0.1, 0.15) is 18.4 Å². The van der Waals surface area contributed by atoms with Gasteiger partial charge in [0.05, 0.1) is 6.54 Å². The van der Waals surface area contributed by atoms with Crippen molar-refractivity contribution < 1.29 is 14.4 Å². The van der Waals surface area contributed by atoms with Crippen LogP contribution in [0, 0.1) is 0 Å². The van der Waals surface area contributed by atoms with Gasteiger partial charge >= 0.3 is 6.03 Å². The van der Waals surface area contributed by atoms with Crippen LogP contribution in [0.25, 0.3) is 0 Å². The topological polar surface area (TPSA) is 78.5 Å². The van der Waals surface area contributed by atoms with Crippen LogP contribution in [0.4, 0.5) is 4.79 Å². The molecule has 1 heterocycles. The number of urea groups is 1. The first-order valence-corrected chi connectivity index (χ1v) is 7.01. The van der Waals surface area contributed by atoms with Crippen molar-refractivity contribution in [3.05, 3.63) is 35.9 Å². The summed E-state index contributed by atoms with van der Waals surface area (Å²) in [7, 11) is 0. The van der Waals surface area contributed by atoms with Gasteiger partial charge in [0.1, 0.15) is 6.54 Å². The fourth-order valence-corrected chi connectivity index (χ4v) is 2.59. The molecule has 1 aromatic rings. The van der Waals surface area contributed by atoms with Gasteiger partial charge < -0.3 is 10.6 Å². The lowest BCUT2D eigenvalue weighted by atomic mass is 9.96. The van der Waals surface area contributed by atoms with Gasteiger partial charge in [-0.3, -0.25) is 14.5 Å². The van der Waals surface area contributed by atoms with Gasteiger partial charge in [-0.05, 0) is 18.4 Å². The maximum absolute atomic E-state index is 11.9. The second kappa shape index (κ2) is 5.20. The van der Waals surface area contributed by atoms with Gasteiger partial charge in [0.15, 0.2) is 0 Å². The first-order chi connectivity index (χ1) is 10.1. The number of hydrogen-bond acceptors (Lipinski definition) is 3. The summed E-state index contributed by atoms with van der Waals surface area (Å²) in [5, 5.41) is 5.23. The van der Waals surface area contributed by atoms with E-state index in [0.29, 0.717) is 6.54 Å². The predicted molar refractivity (Wildman–Crippen MR) is 75.5 cm³/mol. The largest absolute Gasteiger partial charge is 0.354 e. The molecule has 0 aromatic heterocycles. The molecule has 21 heavy (non-hydrogen) atoms. The minimum Gasteiger partial charge on any atom is -0.354 e. The average molecular weight is 287 g/mol. The van der Waals surface area contributed by atoms with Gasteiger partial charge in [0, 0.05) is 12.0 Å². The second-order valence-electron chi connectivity index (χ2n) is 5.56. The van der Waals surface area contributed by atoms with E-state index < -0.39 is 6.03 Å². The van der Waals surface area contributed by atoms with Gasteiger partial charge in [-0.2, -0.15) is 0 Å². The molecule has 4 amide bonds. The lowest BCUT2D eigenvalue weighted by Gasteiger charge is -2.18. The van der Waals surface area contributed by atoms with Crippen LogP contribution in [-0.4, -0.2) is 42.4 Å². The molecule has 3 rings (SSSR count). The standard InChI is InChI=1S/C15H17N3O3/c19-12(9-18-13(20)8-16-14(18)21)17-10-15(6-7-15)11-4-2-1-3-5-11/h1-5H,6-10H2,(H,16,21)(H,17,19). The zero-order chi connectivity index (χ0) is 14.9. The van der Waals surface area contributed by atoms with Gasteiger partial charge in [-0.15, -0.1) is 0 Å². The summed E-state index contributed by atoms with van der Waals surface area (Å²) in [4.78, 5) is 35.6. The quantitative estimate of drug-likeness (QED) is 0.769. The Kier molecular flexibility index (Phi) is 3.37. The van der Waals surface area contributed by atoms with E-state index >= 15 is 0 Å². The molecule has 0 bridgehead atoms. The first-order valence-electron chi connectivity index (χ1n) is 7.01. The van der Waals surface area contributed by atoms with E-state index in [9.17, 15) is 14.4 Å². The summed E-state index contributed by atoms with van der Waals surface area (Å²) < 4.78 is 0. The molecule has 0 radical (unpaired) electrons.